The van der Waals surface area contributed by atoms with Crippen molar-refractivity contribution < 1.29 is 23.4 Å². The summed E-state index contributed by atoms with van der Waals surface area (Å²) in [6.07, 6.45) is 1.14. The lowest BCUT2D eigenvalue weighted by Crippen LogP contribution is -2.49. The number of hydrogen-bond donors (Lipinski definition) is 1. The largest absolute Gasteiger partial charge is 0.503 e. The van der Waals surface area contributed by atoms with E-state index in [-0.39, 0.29) is 18.2 Å². The van der Waals surface area contributed by atoms with Gasteiger partial charge in [-0.2, -0.15) is 0 Å². The van der Waals surface area contributed by atoms with Crippen LogP contribution in [-0.2, 0) is 17.8 Å². The molecular formula is C22H27F2N3O4. The van der Waals surface area contributed by atoms with Crippen LogP contribution in [0.3, 0.4) is 0 Å². The predicted molar refractivity (Wildman–Crippen MR) is 111 cm³/mol. The first kappa shape index (κ1) is 22.7. The number of piperazine rings is 1. The molecule has 1 fully saturated rings. The average molecular weight is 435 g/mol. The van der Waals surface area contributed by atoms with Crippen LogP contribution >= 0.6 is 0 Å². The van der Waals surface area contributed by atoms with Gasteiger partial charge < -0.3 is 19.3 Å². The van der Waals surface area contributed by atoms with Crippen molar-refractivity contribution >= 4 is 6.09 Å². The highest BCUT2D eigenvalue weighted by atomic mass is 19.1. The van der Waals surface area contributed by atoms with E-state index in [9.17, 15) is 23.5 Å². The van der Waals surface area contributed by atoms with Crippen LogP contribution < -0.4 is 5.56 Å². The molecular weight excluding hydrogens is 408 g/mol. The smallest absolute Gasteiger partial charge is 0.410 e. The summed E-state index contributed by atoms with van der Waals surface area (Å²) in [6.45, 7) is 7.85. The quantitative estimate of drug-likeness (QED) is 0.799. The minimum absolute atomic E-state index is 0.0596. The normalized spacial score (nSPS) is 15.2. The van der Waals surface area contributed by atoms with Crippen LogP contribution in [0.25, 0.3) is 0 Å². The number of hydrogen-bond acceptors (Lipinski definition) is 5. The second-order valence-electron chi connectivity index (χ2n) is 8.64. The van der Waals surface area contributed by atoms with E-state index < -0.39 is 28.5 Å². The molecule has 1 saturated heterocycles. The summed E-state index contributed by atoms with van der Waals surface area (Å²) in [4.78, 5) is 28.3. The lowest BCUT2D eigenvalue weighted by atomic mass is 10.2. The second-order valence-corrected chi connectivity index (χ2v) is 8.64. The number of carbonyl (C=O) groups excluding carboxylic acids is 1. The Morgan fingerprint density at radius 2 is 1.68 bits per heavy atom. The Morgan fingerprint density at radius 3 is 2.26 bits per heavy atom. The minimum atomic E-state index is -0.727. The first-order chi connectivity index (χ1) is 14.5. The molecule has 1 aromatic heterocycles. The molecule has 2 aromatic rings. The molecule has 7 nitrogen and oxygen atoms in total. The van der Waals surface area contributed by atoms with Gasteiger partial charge in [0.15, 0.2) is 5.75 Å². The molecule has 9 heteroatoms. The van der Waals surface area contributed by atoms with E-state index in [0.29, 0.717) is 38.3 Å². The van der Waals surface area contributed by atoms with Crippen LogP contribution in [0.2, 0.25) is 0 Å². The van der Waals surface area contributed by atoms with Crippen molar-refractivity contribution in [2.75, 3.05) is 26.2 Å². The third-order valence-electron chi connectivity index (χ3n) is 4.92. The van der Waals surface area contributed by atoms with E-state index in [4.69, 9.17) is 4.74 Å². The van der Waals surface area contributed by atoms with Gasteiger partial charge in [0, 0.05) is 50.6 Å². The standard InChI is InChI=1S/C22H27F2N3O4/c1-22(2,3)31-21(30)26-8-6-25(7-9-26)14-16-4-5-27(20(29)19(16)28)13-15-10-17(23)12-18(24)11-15/h4-5,10-12,28H,6-9,13-14H2,1-3H3. The monoisotopic (exact) mass is 435 g/mol. The van der Waals surface area contributed by atoms with Gasteiger partial charge in [-0.05, 0) is 44.5 Å². The van der Waals surface area contributed by atoms with Crippen LogP contribution in [0.4, 0.5) is 13.6 Å². The molecule has 3 rings (SSSR count). The molecule has 0 spiro atoms. The first-order valence-electron chi connectivity index (χ1n) is 10.1. The van der Waals surface area contributed by atoms with Crippen molar-refractivity contribution in [3.63, 3.8) is 0 Å². The summed E-state index contributed by atoms with van der Waals surface area (Å²) >= 11 is 0. The van der Waals surface area contributed by atoms with Crippen LogP contribution in [0.15, 0.2) is 35.3 Å². The van der Waals surface area contributed by atoms with Crippen molar-refractivity contribution in [1.29, 1.82) is 0 Å². The van der Waals surface area contributed by atoms with Crippen molar-refractivity contribution in [3.05, 3.63) is 63.6 Å². The maximum Gasteiger partial charge on any atom is 0.410 e. The summed E-state index contributed by atoms with van der Waals surface area (Å²) in [7, 11) is 0. The number of carbonyl (C=O) groups is 1. The number of pyridine rings is 1. The third kappa shape index (κ3) is 6.04. The molecule has 1 aliphatic rings. The number of halogens is 2. The van der Waals surface area contributed by atoms with Gasteiger partial charge in [0.2, 0.25) is 0 Å². The van der Waals surface area contributed by atoms with Gasteiger partial charge in [0.1, 0.15) is 17.2 Å². The molecule has 1 aromatic carbocycles. The maximum atomic E-state index is 13.4. The van der Waals surface area contributed by atoms with Gasteiger partial charge >= 0.3 is 6.09 Å². The van der Waals surface area contributed by atoms with E-state index in [1.165, 1.54) is 10.8 Å². The predicted octanol–water partition coefficient (Wildman–Crippen LogP) is 2.93. The number of amides is 1. The Hall–Kier alpha value is -2.94. The second kappa shape index (κ2) is 9.05. The Balaban J connectivity index is 1.62. The van der Waals surface area contributed by atoms with Crippen LogP contribution in [0.1, 0.15) is 31.9 Å². The highest BCUT2D eigenvalue weighted by Crippen LogP contribution is 2.17. The fourth-order valence-corrected chi connectivity index (χ4v) is 3.41. The third-order valence-corrected chi connectivity index (χ3v) is 4.92. The van der Waals surface area contributed by atoms with Gasteiger partial charge in [0.25, 0.3) is 5.56 Å². The summed E-state index contributed by atoms with van der Waals surface area (Å²) < 4.78 is 33.3. The summed E-state index contributed by atoms with van der Waals surface area (Å²) in [5.41, 5.74) is -0.446. The molecule has 0 saturated carbocycles. The highest BCUT2D eigenvalue weighted by molar-refractivity contribution is 5.68. The molecule has 1 aliphatic heterocycles. The number of nitrogens with zero attached hydrogens (tertiary/aromatic N) is 3. The highest BCUT2D eigenvalue weighted by Gasteiger charge is 2.26. The van der Waals surface area contributed by atoms with Crippen LogP contribution in [0.5, 0.6) is 5.75 Å². The molecule has 0 unspecified atom stereocenters. The molecule has 0 radical (unpaired) electrons. The Kier molecular flexibility index (Phi) is 6.64. The molecule has 1 amide bonds. The zero-order chi connectivity index (χ0) is 22.8. The van der Waals surface area contributed by atoms with Gasteiger partial charge in [0.05, 0.1) is 6.54 Å². The van der Waals surface area contributed by atoms with E-state index in [2.05, 4.69) is 0 Å². The van der Waals surface area contributed by atoms with Crippen molar-refractivity contribution in [1.82, 2.24) is 14.4 Å². The zero-order valence-electron chi connectivity index (χ0n) is 17.9. The average Bonchev–Trinajstić information content (AvgIpc) is 2.66. The molecule has 0 bridgehead atoms. The molecule has 0 aliphatic carbocycles. The van der Waals surface area contributed by atoms with E-state index in [0.717, 1.165) is 18.2 Å². The lowest BCUT2D eigenvalue weighted by molar-refractivity contribution is 0.0138. The Bertz CT molecular complexity index is 989. The van der Waals surface area contributed by atoms with Crippen molar-refractivity contribution in [3.8, 4) is 5.75 Å². The number of aromatic nitrogens is 1. The minimum Gasteiger partial charge on any atom is -0.503 e. The number of benzene rings is 1. The van der Waals surface area contributed by atoms with Crippen LogP contribution in [0, 0.1) is 11.6 Å². The topological polar surface area (TPSA) is 75.0 Å². The van der Waals surface area contributed by atoms with Crippen molar-refractivity contribution in [2.45, 2.75) is 39.5 Å². The molecule has 1 N–H and O–H groups in total. The molecule has 31 heavy (non-hydrogen) atoms. The van der Waals surface area contributed by atoms with Crippen LogP contribution in [-0.4, -0.2) is 57.3 Å². The van der Waals surface area contributed by atoms with Gasteiger partial charge in [-0.1, -0.05) is 0 Å². The number of rotatable bonds is 4. The summed E-state index contributed by atoms with van der Waals surface area (Å²) in [5, 5.41) is 10.4. The molecule has 168 valence electrons. The van der Waals surface area contributed by atoms with Gasteiger partial charge in [-0.15, -0.1) is 0 Å². The molecule has 0 atom stereocenters. The summed E-state index contributed by atoms with van der Waals surface area (Å²) in [5.74, 6) is -1.85. The first-order valence-corrected chi connectivity index (χ1v) is 10.1. The van der Waals surface area contributed by atoms with Gasteiger partial charge in [-0.25, -0.2) is 13.6 Å². The van der Waals surface area contributed by atoms with Crippen molar-refractivity contribution in [2.24, 2.45) is 0 Å². The Labute approximate surface area is 179 Å². The number of ether oxygens (including phenoxy) is 1. The summed E-state index contributed by atoms with van der Waals surface area (Å²) in [6, 6.07) is 4.66. The van der Waals surface area contributed by atoms with E-state index in [1.54, 1.807) is 11.0 Å². The van der Waals surface area contributed by atoms with E-state index in [1.807, 2.05) is 25.7 Å². The fraction of sp³-hybridized carbons (Fsp3) is 0.455. The van der Waals surface area contributed by atoms with E-state index >= 15 is 0 Å². The fourth-order valence-electron chi connectivity index (χ4n) is 3.41. The SMILES string of the molecule is CC(C)(C)OC(=O)N1CCN(Cc2ccn(Cc3cc(F)cc(F)c3)c(=O)c2O)CC1. The van der Waals surface area contributed by atoms with Gasteiger partial charge in [-0.3, -0.25) is 9.69 Å². The number of aromatic hydroxyl groups is 1. The zero-order valence-corrected chi connectivity index (χ0v) is 17.9. The maximum absolute atomic E-state index is 13.4. The Morgan fingerprint density at radius 1 is 1.06 bits per heavy atom. The molecule has 2 heterocycles. The lowest BCUT2D eigenvalue weighted by Gasteiger charge is -2.35.